The molecule has 0 heterocycles. The van der Waals surface area contributed by atoms with Crippen LogP contribution in [0.3, 0.4) is 0 Å². The van der Waals surface area contributed by atoms with Crippen molar-refractivity contribution in [2.24, 2.45) is 0 Å². The predicted molar refractivity (Wildman–Crippen MR) is 26.2 cm³/mol. The second-order valence-electron chi connectivity index (χ2n) is 1.10. The van der Waals surface area contributed by atoms with Gasteiger partial charge in [-0.05, 0) is 17.0 Å². The van der Waals surface area contributed by atoms with E-state index in [9.17, 15) is 4.79 Å². The molecule has 9 heteroatoms. The van der Waals surface area contributed by atoms with Gasteiger partial charge in [-0.1, -0.05) is 0 Å². The number of carbonyl (C=O) groups excluding carboxylic acids is 1. The normalized spacial score (nSPS) is 9.50. The summed E-state index contributed by atoms with van der Waals surface area (Å²) in [4.78, 5) is 21.1. The maximum absolute atomic E-state index is 10.0. The molecule has 0 rings (SSSR count). The molecule has 0 atom stereocenters. The Kier molecular flexibility index (Phi) is 7.47. The Bertz CT molecular complexity index is 112. The van der Waals surface area contributed by atoms with Crippen molar-refractivity contribution in [2.75, 3.05) is 6.61 Å². The summed E-state index contributed by atoms with van der Waals surface area (Å²) in [7, 11) is 0. The second-order valence-corrected chi connectivity index (χ2v) is 1.10. The number of hydrogen-bond donors (Lipinski definition) is 1. The molecule has 0 fully saturated rings. The van der Waals surface area contributed by atoms with Gasteiger partial charge in [-0.25, -0.2) is 19.9 Å². The van der Waals surface area contributed by atoms with Crippen molar-refractivity contribution in [3.63, 3.8) is 0 Å². The zero-order valence-electron chi connectivity index (χ0n) is 5.92. The quantitative estimate of drug-likeness (QED) is 0.356. The van der Waals surface area contributed by atoms with Gasteiger partial charge in [0, 0.05) is 10.1 Å². The Morgan fingerprint density at radius 2 is 2.00 bits per heavy atom. The number of hydrogen-bond acceptors (Lipinski definition) is 9. The van der Waals surface area contributed by atoms with Gasteiger partial charge in [0.05, 0.1) is 6.61 Å². The van der Waals surface area contributed by atoms with E-state index in [0.717, 1.165) is 0 Å². The van der Waals surface area contributed by atoms with E-state index < -0.39 is 6.16 Å². The minimum absolute atomic E-state index is 0.202. The highest BCUT2D eigenvalue weighted by Gasteiger charge is 2.06. The van der Waals surface area contributed by atoms with Gasteiger partial charge in [0.25, 0.3) is 0 Å². The summed E-state index contributed by atoms with van der Waals surface area (Å²) in [5.41, 5.74) is 0. The van der Waals surface area contributed by atoms with E-state index in [2.05, 4.69) is 34.8 Å². The van der Waals surface area contributed by atoms with Crippen LogP contribution in [0.25, 0.3) is 0 Å². The van der Waals surface area contributed by atoms with Gasteiger partial charge >= 0.3 is 6.16 Å². The molecule has 0 aromatic rings. The van der Waals surface area contributed by atoms with E-state index in [4.69, 9.17) is 5.26 Å². The average Bonchev–Trinajstić information content (AvgIpc) is 2.05. The molecule has 0 saturated carbocycles. The standard InChI is InChI=1S/C3H6O9/c1-2-6-10-12-11-8-3(4)7-9-5/h5H,2H2,1H3. The summed E-state index contributed by atoms with van der Waals surface area (Å²) in [5.74, 6) is 0. The van der Waals surface area contributed by atoms with Crippen molar-refractivity contribution in [1.82, 2.24) is 0 Å². The van der Waals surface area contributed by atoms with E-state index in [1.807, 2.05) is 0 Å². The highest BCUT2D eigenvalue weighted by atomic mass is 17.8. The van der Waals surface area contributed by atoms with E-state index in [1.165, 1.54) is 0 Å². The van der Waals surface area contributed by atoms with Crippen LogP contribution >= 0.6 is 0 Å². The fourth-order valence-electron chi connectivity index (χ4n) is 0.165. The summed E-state index contributed by atoms with van der Waals surface area (Å²) in [6.07, 6.45) is -1.50. The molecular weight excluding hydrogens is 180 g/mol. The molecule has 0 aliphatic carbocycles. The molecule has 0 aromatic carbocycles. The lowest BCUT2D eigenvalue weighted by Gasteiger charge is -1.97. The van der Waals surface area contributed by atoms with Crippen LogP contribution in [0.5, 0.6) is 0 Å². The van der Waals surface area contributed by atoms with Crippen LogP contribution < -0.4 is 0 Å². The van der Waals surface area contributed by atoms with Crippen LogP contribution in [0.15, 0.2) is 0 Å². The van der Waals surface area contributed by atoms with Crippen LogP contribution in [0.2, 0.25) is 0 Å². The van der Waals surface area contributed by atoms with Gasteiger partial charge in [-0.2, -0.15) is 4.79 Å². The fraction of sp³-hybridized carbons (Fsp3) is 0.667. The topological polar surface area (TPSA) is 102 Å². The Morgan fingerprint density at radius 3 is 2.58 bits per heavy atom. The first kappa shape index (κ1) is 11.0. The summed E-state index contributed by atoms with van der Waals surface area (Å²) in [6, 6.07) is 0. The van der Waals surface area contributed by atoms with Crippen LogP contribution in [0, 0.1) is 0 Å². The Morgan fingerprint density at radius 1 is 1.25 bits per heavy atom. The zero-order valence-corrected chi connectivity index (χ0v) is 5.92. The highest BCUT2D eigenvalue weighted by molar-refractivity contribution is 5.57. The largest absolute Gasteiger partial charge is 0.577 e. The Hall–Kier alpha value is -0.970. The fourth-order valence-corrected chi connectivity index (χ4v) is 0.165. The minimum atomic E-state index is -1.50. The third-order valence-corrected chi connectivity index (χ3v) is 0.429. The first-order valence-corrected chi connectivity index (χ1v) is 2.62. The third-order valence-electron chi connectivity index (χ3n) is 0.429. The summed E-state index contributed by atoms with van der Waals surface area (Å²) in [6.45, 7) is 1.81. The molecule has 0 spiro atoms. The molecule has 0 saturated heterocycles. The SMILES string of the molecule is CCOOOOOC(=O)OOO. The smallest absolute Gasteiger partial charge is 0.226 e. The third kappa shape index (κ3) is 7.14. The Labute approximate surface area is 65.8 Å². The molecule has 0 unspecified atom stereocenters. The van der Waals surface area contributed by atoms with Gasteiger partial charge in [0.1, 0.15) is 0 Å². The average molecular weight is 186 g/mol. The van der Waals surface area contributed by atoms with Crippen LogP contribution in [0.1, 0.15) is 6.92 Å². The summed E-state index contributed by atoms with van der Waals surface area (Å²) < 4.78 is 0. The first-order chi connectivity index (χ1) is 5.81. The van der Waals surface area contributed by atoms with Gasteiger partial charge < -0.3 is 0 Å². The van der Waals surface area contributed by atoms with E-state index in [0.29, 0.717) is 0 Å². The maximum atomic E-state index is 10.0. The lowest BCUT2D eigenvalue weighted by molar-refractivity contribution is -0.699. The van der Waals surface area contributed by atoms with Gasteiger partial charge in [0.15, 0.2) is 0 Å². The van der Waals surface area contributed by atoms with E-state index in [1.54, 1.807) is 6.92 Å². The Balaban J connectivity index is 3.03. The van der Waals surface area contributed by atoms with Crippen molar-refractivity contribution in [3.8, 4) is 0 Å². The first-order valence-electron chi connectivity index (χ1n) is 2.62. The number of rotatable bonds is 6. The highest BCUT2D eigenvalue weighted by Crippen LogP contribution is 1.89. The molecular formula is C3H6O9. The van der Waals surface area contributed by atoms with Gasteiger partial charge in [-0.15, -0.1) is 0 Å². The van der Waals surface area contributed by atoms with Crippen molar-refractivity contribution in [3.05, 3.63) is 0 Å². The summed E-state index contributed by atoms with van der Waals surface area (Å²) >= 11 is 0. The van der Waals surface area contributed by atoms with Crippen molar-refractivity contribution in [2.45, 2.75) is 6.92 Å². The molecule has 0 aromatic heterocycles. The van der Waals surface area contributed by atoms with Crippen molar-refractivity contribution >= 4 is 6.16 Å². The molecule has 12 heavy (non-hydrogen) atoms. The minimum Gasteiger partial charge on any atom is -0.226 e. The molecule has 0 aliphatic rings. The lowest BCUT2D eigenvalue weighted by atomic mass is 10.9. The molecule has 0 aliphatic heterocycles. The molecule has 9 nitrogen and oxygen atoms in total. The predicted octanol–water partition coefficient (Wildman–Crippen LogP) is 0.290. The van der Waals surface area contributed by atoms with Crippen molar-refractivity contribution in [1.29, 1.82) is 0 Å². The molecule has 0 bridgehead atoms. The molecule has 0 radical (unpaired) electrons. The van der Waals surface area contributed by atoms with E-state index in [-0.39, 0.29) is 6.61 Å². The number of carbonyl (C=O) groups is 1. The lowest BCUT2D eigenvalue weighted by Crippen LogP contribution is -2.08. The van der Waals surface area contributed by atoms with E-state index >= 15 is 0 Å². The van der Waals surface area contributed by atoms with Crippen LogP contribution in [-0.2, 0) is 34.8 Å². The van der Waals surface area contributed by atoms with Crippen LogP contribution in [0.4, 0.5) is 4.79 Å². The molecule has 0 amide bonds. The zero-order chi connectivity index (χ0) is 9.23. The summed E-state index contributed by atoms with van der Waals surface area (Å²) in [5, 5.41) is 21.3. The van der Waals surface area contributed by atoms with Gasteiger partial charge in [-0.3, -0.25) is 0 Å². The molecule has 1 N–H and O–H groups in total. The monoisotopic (exact) mass is 186 g/mol. The van der Waals surface area contributed by atoms with Crippen LogP contribution in [-0.4, -0.2) is 18.0 Å². The van der Waals surface area contributed by atoms with Gasteiger partial charge in [0.2, 0.25) is 0 Å². The maximum Gasteiger partial charge on any atom is 0.577 e. The second kappa shape index (κ2) is 8.13. The van der Waals surface area contributed by atoms with Crippen molar-refractivity contribution < 1.29 is 44.9 Å². The molecule has 72 valence electrons.